The van der Waals surface area contributed by atoms with E-state index >= 15 is 0 Å². The van der Waals surface area contributed by atoms with Crippen molar-refractivity contribution in [3.05, 3.63) is 66.5 Å². The number of anilines is 1. The molecule has 0 aliphatic rings. The number of hydrogen-bond donors (Lipinski definition) is 1. The Balaban J connectivity index is 1.73. The first-order valence-corrected chi connectivity index (χ1v) is 7.69. The summed E-state index contributed by atoms with van der Waals surface area (Å²) in [6, 6.07) is 15.6. The van der Waals surface area contributed by atoms with Crippen LogP contribution in [-0.2, 0) is 0 Å². The Morgan fingerprint density at radius 1 is 1.08 bits per heavy atom. The number of fused-ring (bicyclic) bond motifs is 1. The van der Waals surface area contributed by atoms with Gasteiger partial charge in [-0.05, 0) is 34.2 Å². The lowest BCUT2D eigenvalue weighted by Crippen LogP contribution is -2.27. The Bertz CT molecular complexity index is 1040. The maximum absolute atomic E-state index is 13.0. The number of nitrogens with zero attached hydrogens (tertiary/aromatic N) is 5. The highest BCUT2D eigenvalue weighted by atomic mass is 16.2. The number of nitrogens with one attached hydrogen (secondary N) is 1. The summed E-state index contributed by atoms with van der Waals surface area (Å²) in [5.41, 5.74) is 1.80. The van der Waals surface area contributed by atoms with E-state index in [0.717, 1.165) is 16.5 Å². The zero-order valence-corrected chi connectivity index (χ0v) is 13.4. The molecule has 4 aromatic rings. The van der Waals surface area contributed by atoms with E-state index in [1.54, 1.807) is 24.2 Å². The molecule has 122 valence electrons. The van der Waals surface area contributed by atoms with E-state index in [1.165, 1.54) is 6.20 Å². The molecule has 7 nitrogen and oxygen atoms in total. The van der Waals surface area contributed by atoms with Gasteiger partial charge in [-0.1, -0.05) is 30.3 Å². The Morgan fingerprint density at radius 3 is 2.72 bits per heavy atom. The highest BCUT2D eigenvalue weighted by molar-refractivity contribution is 6.09. The van der Waals surface area contributed by atoms with Gasteiger partial charge in [-0.3, -0.25) is 9.78 Å². The first-order chi connectivity index (χ1) is 12.2. The first kappa shape index (κ1) is 14.9. The van der Waals surface area contributed by atoms with Crippen LogP contribution < -0.4 is 4.90 Å². The second kappa shape index (κ2) is 6.12. The van der Waals surface area contributed by atoms with Crippen molar-refractivity contribution >= 4 is 22.4 Å². The van der Waals surface area contributed by atoms with Crippen molar-refractivity contribution in [2.24, 2.45) is 0 Å². The van der Waals surface area contributed by atoms with Crippen molar-refractivity contribution < 1.29 is 4.79 Å². The SMILES string of the molecule is CN(C(=O)c1cnccc1-c1nn[nH]n1)c1ccc2ccccc2c1. The zero-order chi connectivity index (χ0) is 17.2. The monoisotopic (exact) mass is 330 g/mol. The molecule has 0 atom stereocenters. The van der Waals surface area contributed by atoms with Crippen LogP contribution in [0.15, 0.2) is 60.9 Å². The Kier molecular flexibility index (Phi) is 3.66. The molecule has 7 heteroatoms. The Morgan fingerprint density at radius 2 is 1.92 bits per heavy atom. The molecule has 2 aromatic carbocycles. The third-order valence-corrected chi connectivity index (χ3v) is 4.06. The lowest BCUT2D eigenvalue weighted by Gasteiger charge is -2.19. The van der Waals surface area contributed by atoms with Crippen LogP contribution in [0.2, 0.25) is 0 Å². The number of pyridine rings is 1. The number of hydrogen-bond acceptors (Lipinski definition) is 5. The molecule has 0 aliphatic carbocycles. The maximum Gasteiger partial charge on any atom is 0.260 e. The largest absolute Gasteiger partial charge is 0.311 e. The lowest BCUT2D eigenvalue weighted by molar-refractivity contribution is 0.0993. The van der Waals surface area contributed by atoms with Gasteiger partial charge < -0.3 is 4.90 Å². The maximum atomic E-state index is 13.0. The summed E-state index contributed by atoms with van der Waals surface area (Å²) in [7, 11) is 1.74. The Labute approximate surface area is 143 Å². The van der Waals surface area contributed by atoms with Crippen molar-refractivity contribution in [3.8, 4) is 11.4 Å². The fourth-order valence-electron chi connectivity index (χ4n) is 2.72. The highest BCUT2D eigenvalue weighted by Crippen LogP contribution is 2.25. The van der Waals surface area contributed by atoms with E-state index in [1.807, 2.05) is 42.5 Å². The normalized spacial score (nSPS) is 10.8. The summed E-state index contributed by atoms with van der Waals surface area (Å²) in [6.45, 7) is 0. The average Bonchev–Trinajstić information content (AvgIpc) is 3.21. The second-order valence-electron chi connectivity index (χ2n) is 5.55. The quantitative estimate of drug-likeness (QED) is 0.624. The predicted octanol–water partition coefficient (Wildman–Crippen LogP) is 2.69. The highest BCUT2D eigenvalue weighted by Gasteiger charge is 2.20. The van der Waals surface area contributed by atoms with Crippen LogP contribution in [0.5, 0.6) is 0 Å². The van der Waals surface area contributed by atoms with Gasteiger partial charge >= 0.3 is 0 Å². The number of amides is 1. The van der Waals surface area contributed by atoms with E-state index in [0.29, 0.717) is 17.0 Å². The Hall–Kier alpha value is -3.61. The van der Waals surface area contributed by atoms with Gasteiger partial charge in [-0.15, -0.1) is 10.2 Å². The summed E-state index contributed by atoms with van der Waals surface area (Å²) in [4.78, 5) is 18.7. The molecule has 0 unspecified atom stereocenters. The van der Waals surface area contributed by atoms with Crippen LogP contribution in [0.25, 0.3) is 22.2 Å². The topological polar surface area (TPSA) is 87.7 Å². The molecule has 0 saturated carbocycles. The van der Waals surface area contributed by atoms with Gasteiger partial charge in [-0.2, -0.15) is 5.21 Å². The van der Waals surface area contributed by atoms with Crippen molar-refractivity contribution in [1.82, 2.24) is 25.6 Å². The first-order valence-electron chi connectivity index (χ1n) is 7.69. The smallest absolute Gasteiger partial charge is 0.260 e. The molecule has 0 aliphatic heterocycles. The molecule has 1 amide bonds. The molecule has 25 heavy (non-hydrogen) atoms. The number of H-pyrrole nitrogens is 1. The number of benzene rings is 2. The van der Waals surface area contributed by atoms with E-state index < -0.39 is 0 Å². The number of aromatic nitrogens is 5. The van der Waals surface area contributed by atoms with Crippen molar-refractivity contribution in [2.45, 2.75) is 0 Å². The summed E-state index contributed by atoms with van der Waals surface area (Å²) in [5, 5.41) is 16.1. The van der Waals surface area contributed by atoms with Gasteiger partial charge in [0, 0.05) is 30.7 Å². The molecule has 0 spiro atoms. The molecule has 0 fully saturated rings. The number of carbonyl (C=O) groups excluding carboxylic acids is 1. The molecule has 0 radical (unpaired) electrons. The summed E-state index contributed by atoms with van der Waals surface area (Å²) in [5.74, 6) is 0.167. The summed E-state index contributed by atoms with van der Waals surface area (Å²) >= 11 is 0. The van der Waals surface area contributed by atoms with E-state index in [-0.39, 0.29) is 5.91 Å². The summed E-state index contributed by atoms with van der Waals surface area (Å²) in [6.07, 6.45) is 3.12. The van der Waals surface area contributed by atoms with E-state index in [2.05, 4.69) is 25.6 Å². The standard InChI is InChI=1S/C18H14N6O/c1-24(14-7-6-12-4-2-3-5-13(12)10-14)18(25)16-11-19-9-8-15(16)17-20-22-23-21-17/h2-11H,1H3,(H,20,21,22,23). The molecule has 0 bridgehead atoms. The lowest BCUT2D eigenvalue weighted by atomic mass is 10.1. The summed E-state index contributed by atoms with van der Waals surface area (Å²) < 4.78 is 0. The number of aromatic amines is 1. The van der Waals surface area contributed by atoms with Crippen LogP contribution in [0.1, 0.15) is 10.4 Å². The fraction of sp³-hybridized carbons (Fsp3) is 0.0556. The van der Waals surface area contributed by atoms with Gasteiger partial charge in [-0.25, -0.2) is 0 Å². The minimum Gasteiger partial charge on any atom is -0.311 e. The minimum absolute atomic E-state index is 0.191. The minimum atomic E-state index is -0.191. The third-order valence-electron chi connectivity index (χ3n) is 4.06. The molecule has 4 rings (SSSR count). The average molecular weight is 330 g/mol. The van der Waals surface area contributed by atoms with Gasteiger partial charge in [0.2, 0.25) is 5.82 Å². The van der Waals surface area contributed by atoms with Gasteiger partial charge in [0.15, 0.2) is 0 Å². The molecular formula is C18H14N6O. The molecule has 1 N–H and O–H groups in total. The van der Waals surface area contributed by atoms with Crippen LogP contribution in [0.4, 0.5) is 5.69 Å². The number of rotatable bonds is 3. The van der Waals surface area contributed by atoms with E-state index in [9.17, 15) is 4.79 Å². The van der Waals surface area contributed by atoms with Crippen molar-refractivity contribution in [3.63, 3.8) is 0 Å². The zero-order valence-electron chi connectivity index (χ0n) is 13.4. The molecule has 2 aromatic heterocycles. The predicted molar refractivity (Wildman–Crippen MR) is 94.1 cm³/mol. The van der Waals surface area contributed by atoms with Crippen LogP contribution >= 0.6 is 0 Å². The van der Waals surface area contributed by atoms with Crippen LogP contribution in [-0.4, -0.2) is 38.6 Å². The van der Waals surface area contributed by atoms with Crippen LogP contribution in [0.3, 0.4) is 0 Å². The number of carbonyl (C=O) groups is 1. The fourth-order valence-corrected chi connectivity index (χ4v) is 2.72. The van der Waals surface area contributed by atoms with Gasteiger partial charge in [0.1, 0.15) is 0 Å². The van der Waals surface area contributed by atoms with Crippen molar-refractivity contribution in [2.75, 3.05) is 11.9 Å². The second-order valence-corrected chi connectivity index (χ2v) is 5.55. The van der Waals surface area contributed by atoms with Gasteiger partial charge in [0.25, 0.3) is 5.91 Å². The third kappa shape index (κ3) is 2.72. The molecular weight excluding hydrogens is 316 g/mol. The number of tetrazole rings is 1. The van der Waals surface area contributed by atoms with Crippen LogP contribution in [0, 0.1) is 0 Å². The molecule has 0 saturated heterocycles. The molecule has 2 heterocycles. The van der Waals surface area contributed by atoms with E-state index in [4.69, 9.17) is 0 Å². The van der Waals surface area contributed by atoms with Crippen molar-refractivity contribution in [1.29, 1.82) is 0 Å². The van der Waals surface area contributed by atoms with Gasteiger partial charge in [0.05, 0.1) is 5.56 Å².